The van der Waals surface area contributed by atoms with E-state index in [9.17, 15) is 4.79 Å². The van der Waals surface area contributed by atoms with Crippen molar-refractivity contribution in [1.82, 2.24) is 10.2 Å². The number of nitrogens with zero attached hydrogens (tertiary/aromatic N) is 1. The van der Waals surface area contributed by atoms with Crippen LogP contribution in [0.5, 0.6) is 5.75 Å². The first-order valence-electron chi connectivity index (χ1n) is 12.7. The molecule has 1 aromatic rings. The Balaban J connectivity index is 1.28. The largest absolute Gasteiger partial charge is 0.494 e. The van der Waals surface area contributed by atoms with Gasteiger partial charge in [-0.2, -0.15) is 0 Å². The lowest BCUT2D eigenvalue weighted by molar-refractivity contribution is -0.136. The quantitative estimate of drug-likeness (QED) is 0.631. The summed E-state index contributed by atoms with van der Waals surface area (Å²) in [6, 6.07) is 8.81. The lowest BCUT2D eigenvalue weighted by atomic mass is 9.59. The molecule has 4 aliphatic rings. The fraction of sp³-hybridized carbons (Fsp3) is 0.741. The summed E-state index contributed by atoms with van der Waals surface area (Å²) in [5, 5.41) is 3.37. The second-order valence-corrected chi connectivity index (χ2v) is 11.3. The van der Waals surface area contributed by atoms with Gasteiger partial charge in [0.05, 0.1) is 12.7 Å². The number of carbonyl (C=O) groups excluding carboxylic acids is 1. The Morgan fingerprint density at radius 3 is 2.88 bits per heavy atom. The first-order valence-corrected chi connectivity index (χ1v) is 12.7. The lowest BCUT2D eigenvalue weighted by Crippen LogP contribution is -2.58. The lowest BCUT2D eigenvalue weighted by Gasteiger charge is -2.53. The monoisotopic (exact) mass is 440 g/mol. The minimum absolute atomic E-state index is 0.0919. The molecule has 5 heteroatoms. The van der Waals surface area contributed by atoms with E-state index in [-0.39, 0.29) is 28.9 Å². The van der Waals surface area contributed by atoms with Crippen LogP contribution in [0.15, 0.2) is 24.3 Å². The molecule has 1 spiro atoms. The number of rotatable bonds is 7. The highest BCUT2D eigenvalue weighted by atomic mass is 16.5. The predicted molar refractivity (Wildman–Crippen MR) is 126 cm³/mol. The molecule has 2 bridgehead atoms. The standard InChI is InChI=1S/C27H40N2O3/c1-19(30)28-25-26(2,3)21-17-23-24(32-15-10-27(23,25)18-21)20-8-6-9-22(16-20)31-14-7-13-29-11-4-5-12-29/h6,8-9,16,21,23-25H,4-5,7,10-15,17-18H2,1-3H3,(H,28,30)/t21-,23-,24-,25+,27?/m1/s1. The molecular formula is C27H40N2O3. The number of ether oxygens (including phenoxy) is 2. The van der Waals surface area contributed by atoms with Gasteiger partial charge in [-0.05, 0) is 92.0 Å². The van der Waals surface area contributed by atoms with Crippen LogP contribution in [0.4, 0.5) is 0 Å². The van der Waals surface area contributed by atoms with Gasteiger partial charge < -0.3 is 19.7 Å². The van der Waals surface area contributed by atoms with Crippen molar-refractivity contribution in [1.29, 1.82) is 0 Å². The fourth-order valence-corrected chi connectivity index (χ4v) is 7.59. The Bertz CT molecular complexity index is 834. The zero-order chi connectivity index (χ0) is 22.3. The molecule has 2 heterocycles. The Hall–Kier alpha value is -1.59. The molecule has 4 fully saturated rings. The van der Waals surface area contributed by atoms with Gasteiger partial charge in [0, 0.05) is 26.1 Å². The number of likely N-dealkylation sites (tertiary alicyclic amines) is 1. The van der Waals surface area contributed by atoms with E-state index in [4.69, 9.17) is 9.47 Å². The van der Waals surface area contributed by atoms with Crippen LogP contribution in [-0.2, 0) is 9.53 Å². The highest BCUT2D eigenvalue weighted by Crippen LogP contribution is 2.70. The maximum atomic E-state index is 12.1. The van der Waals surface area contributed by atoms with Gasteiger partial charge in [0.1, 0.15) is 5.75 Å². The number of hydrogen-bond donors (Lipinski definition) is 1. The predicted octanol–water partition coefficient (Wildman–Crippen LogP) is 4.57. The van der Waals surface area contributed by atoms with Gasteiger partial charge in [0.15, 0.2) is 0 Å². The second kappa shape index (κ2) is 8.64. The molecule has 2 saturated carbocycles. The average molecular weight is 441 g/mol. The van der Waals surface area contributed by atoms with Crippen LogP contribution in [-0.4, -0.2) is 49.7 Å². The van der Waals surface area contributed by atoms with Crippen molar-refractivity contribution < 1.29 is 14.3 Å². The van der Waals surface area contributed by atoms with Crippen LogP contribution in [0.2, 0.25) is 0 Å². The highest BCUT2D eigenvalue weighted by molar-refractivity contribution is 5.73. The van der Waals surface area contributed by atoms with Crippen molar-refractivity contribution in [2.45, 2.75) is 71.4 Å². The molecule has 176 valence electrons. The fourth-order valence-electron chi connectivity index (χ4n) is 7.59. The Morgan fingerprint density at radius 2 is 2.09 bits per heavy atom. The molecular weight excluding hydrogens is 400 g/mol. The Labute approximate surface area is 193 Å². The smallest absolute Gasteiger partial charge is 0.217 e. The van der Waals surface area contributed by atoms with Crippen molar-refractivity contribution in [3.8, 4) is 5.75 Å². The Kier molecular flexibility index (Phi) is 6.00. The van der Waals surface area contributed by atoms with Gasteiger partial charge in [-0.3, -0.25) is 4.79 Å². The maximum absolute atomic E-state index is 12.1. The van der Waals surface area contributed by atoms with Crippen molar-refractivity contribution in [3.63, 3.8) is 0 Å². The van der Waals surface area contributed by atoms with Crippen LogP contribution in [0.3, 0.4) is 0 Å². The van der Waals surface area contributed by atoms with Crippen LogP contribution in [0.1, 0.15) is 71.0 Å². The first-order chi connectivity index (χ1) is 15.4. The second-order valence-electron chi connectivity index (χ2n) is 11.3. The van der Waals surface area contributed by atoms with Crippen LogP contribution < -0.4 is 10.1 Å². The molecule has 5 atom stereocenters. The number of nitrogens with one attached hydrogen (secondary N) is 1. The number of amides is 1. The summed E-state index contributed by atoms with van der Waals surface area (Å²) in [4.78, 5) is 14.6. The van der Waals surface area contributed by atoms with Gasteiger partial charge in [-0.15, -0.1) is 0 Å². The maximum Gasteiger partial charge on any atom is 0.217 e. The summed E-state index contributed by atoms with van der Waals surface area (Å²) >= 11 is 0. The van der Waals surface area contributed by atoms with Gasteiger partial charge >= 0.3 is 0 Å². The van der Waals surface area contributed by atoms with Gasteiger partial charge in [-0.1, -0.05) is 26.0 Å². The average Bonchev–Trinajstić information content (AvgIpc) is 3.46. The van der Waals surface area contributed by atoms with E-state index < -0.39 is 0 Å². The van der Waals surface area contributed by atoms with E-state index in [0.29, 0.717) is 11.8 Å². The van der Waals surface area contributed by atoms with E-state index >= 15 is 0 Å². The zero-order valence-corrected chi connectivity index (χ0v) is 20.1. The molecule has 2 aliphatic heterocycles. The topological polar surface area (TPSA) is 50.8 Å². The summed E-state index contributed by atoms with van der Waals surface area (Å²) in [6.45, 7) is 11.5. The summed E-state index contributed by atoms with van der Waals surface area (Å²) in [7, 11) is 0. The Morgan fingerprint density at radius 1 is 1.28 bits per heavy atom. The molecule has 2 saturated heterocycles. The van der Waals surface area contributed by atoms with E-state index in [1.165, 1.54) is 44.3 Å². The number of hydrogen-bond acceptors (Lipinski definition) is 4. The van der Waals surface area contributed by atoms with Crippen LogP contribution >= 0.6 is 0 Å². The van der Waals surface area contributed by atoms with Crippen LogP contribution in [0.25, 0.3) is 0 Å². The first kappa shape index (κ1) is 22.2. The molecule has 2 aliphatic carbocycles. The zero-order valence-electron chi connectivity index (χ0n) is 20.1. The molecule has 1 N–H and O–H groups in total. The minimum Gasteiger partial charge on any atom is -0.494 e. The third kappa shape index (κ3) is 3.86. The van der Waals surface area contributed by atoms with E-state index in [1.54, 1.807) is 6.92 Å². The molecule has 32 heavy (non-hydrogen) atoms. The molecule has 0 radical (unpaired) electrons. The van der Waals surface area contributed by atoms with Crippen molar-refractivity contribution in [2.24, 2.45) is 22.7 Å². The molecule has 1 unspecified atom stereocenters. The number of benzene rings is 1. The van der Waals surface area contributed by atoms with E-state index in [2.05, 4.69) is 48.3 Å². The molecule has 5 rings (SSSR count). The summed E-state index contributed by atoms with van der Waals surface area (Å²) in [5.41, 5.74) is 1.53. The van der Waals surface area contributed by atoms with E-state index in [1.807, 2.05) is 0 Å². The number of fused-ring (bicyclic) bond motifs is 1. The van der Waals surface area contributed by atoms with Crippen molar-refractivity contribution >= 4 is 5.91 Å². The van der Waals surface area contributed by atoms with Crippen LogP contribution in [0, 0.1) is 22.7 Å². The van der Waals surface area contributed by atoms with Crippen molar-refractivity contribution in [2.75, 3.05) is 32.8 Å². The third-order valence-electron chi connectivity index (χ3n) is 9.13. The SMILES string of the molecule is CC(=O)N[C@H]1C(C)(C)[C@@H]2C[C@@H]3[C@@H](c4cccc(OCCCN5CCCC5)c4)OCCC31C2. The van der Waals surface area contributed by atoms with Gasteiger partial charge in [-0.25, -0.2) is 0 Å². The normalized spacial score (nSPS) is 35.6. The minimum atomic E-state index is 0.0919. The highest BCUT2D eigenvalue weighted by Gasteiger charge is 2.68. The van der Waals surface area contributed by atoms with Gasteiger partial charge in [0.2, 0.25) is 5.91 Å². The van der Waals surface area contributed by atoms with Gasteiger partial charge in [0.25, 0.3) is 0 Å². The summed E-state index contributed by atoms with van der Waals surface area (Å²) < 4.78 is 12.6. The van der Waals surface area contributed by atoms with E-state index in [0.717, 1.165) is 38.3 Å². The van der Waals surface area contributed by atoms with Crippen molar-refractivity contribution in [3.05, 3.63) is 29.8 Å². The molecule has 0 aromatic heterocycles. The number of carbonyl (C=O) groups is 1. The summed E-state index contributed by atoms with van der Waals surface area (Å²) in [6.07, 6.45) is 7.30. The molecule has 1 amide bonds. The third-order valence-corrected chi connectivity index (χ3v) is 9.13. The molecule has 5 nitrogen and oxygen atoms in total. The molecule has 1 aromatic carbocycles. The summed E-state index contributed by atoms with van der Waals surface area (Å²) in [5.74, 6) is 2.14.